The van der Waals surface area contributed by atoms with Gasteiger partial charge in [-0.25, -0.2) is 4.98 Å². The van der Waals surface area contributed by atoms with Gasteiger partial charge < -0.3 is 15.0 Å². The smallest absolute Gasteiger partial charge is 0.246 e. The van der Waals surface area contributed by atoms with Crippen molar-refractivity contribution in [3.8, 4) is 0 Å². The van der Waals surface area contributed by atoms with Gasteiger partial charge in [0.1, 0.15) is 23.3 Å². The molecule has 1 aromatic heterocycles. The van der Waals surface area contributed by atoms with Crippen LogP contribution in [0.25, 0.3) is 0 Å². The Morgan fingerprint density at radius 3 is 2.26 bits per heavy atom. The van der Waals surface area contributed by atoms with Crippen LogP contribution in [0, 0.1) is 35.5 Å². The van der Waals surface area contributed by atoms with Crippen molar-refractivity contribution in [3.63, 3.8) is 0 Å². The van der Waals surface area contributed by atoms with Gasteiger partial charge in [-0.15, -0.1) is 0 Å². The van der Waals surface area contributed by atoms with E-state index >= 15 is 0 Å². The van der Waals surface area contributed by atoms with Crippen molar-refractivity contribution in [1.29, 1.82) is 0 Å². The van der Waals surface area contributed by atoms with Crippen LogP contribution in [0.3, 0.4) is 0 Å². The lowest BCUT2D eigenvalue weighted by molar-refractivity contribution is -0.145. The van der Waals surface area contributed by atoms with Gasteiger partial charge in [0.15, 0.2) is 17.3 Å². The lowest BCUT2D eigenvalue weighted by Gasteiger charge is -2.33. The highest BCUT2D eigenvalue weighted by Gasteiger charge is 2.54. The number of likely N-dealkylation sites (tertiary alicyclic amines) is 1. The molecule has 2 heterocycles. The van der Waals surface area contributed by atoms with Gasteiger partial charge in [0.05, 0.1) is 12.2 Å². The molecule has 0 radical (unpaired) electrons. The largest absolute Gasteiger partial charge is 0.344 e. The van der Waals surface area contributed by atoms with Crippen LogP contribution in [0.5, 0.6) is 0 Å². The number of ketones is 6. The van der Waals surface area contributed by atoms with E-state index in [1.165, 1.54) is 30.4 Å². The first-order valence-corrected chi connectivity index (χ1v) is 16.7. The maximum Gasteiger partial charge on any atom is 0.246 e. The van der Waals surface area contributed by atoms with Crippen molar-refractivity contribution >= 4 is 46.5 Å². The molecule has 2 aliphatic rings. The molecular weight excluding hydrogens is 604 g/mol. The first-order valence-electron chi connectivity index (χ1n) is 16.7. The Balaban J connectivity index is 1.83. The van der Waals surface area contributed by atoms with Crippen molar-refractivity contribution < 1.29 is 38.4 Å². The average Bonchev–Trinajstić information content (AvgIpc) is 3.59. The molecule has 2 amide bonds. The van der Waals surface area contributed by atoms with Crippen LogP contribution < -0.4 is 5.32 Å². The second kappa shape index (κ2) is 16.7. The summed E-state index contributed by atoms with van der Waals surface area (Å²) in [5, 5.41) is 2.84. The highest BCUT2D eigenvalue weighted by Crippen LogP contribution is 2.42. The zero-order valence-electron chi connectivity index (χ0n) is 28.3. The van der Waals surface area contributed by atoms with Gasteiger partial charge in [-0.05, 0) is 37.5 Å². The van der Waals surface area contributed by atoms with E-state index < -0.39 is 70.8 Å². The highest BCUT2D eigenvalue weighted by atomic mass is 16.2. The number of amides is 2. The molecule has 1 N–H and O–H groups in total. The molecule has 3 rings (SSSR count). The zero-order chi connectivity index (χ0) is 35.0. The van der Waals surface area contributed by atoms with Crippen molar-refractivity contribution in [3.05, 3.63) is 24.3 Å². The van der Waals surface area contributed by atoms with Crippen molar-refractivity contribution in [2.45, 2.75) is 105 Å². The monoisotopic (exact) mass is 652 g/mol. The summed E-state index contributed by atoms with van der Waals surface area (Å²) < 4.78 is 0. The summed E-state index contributed by atoms with van der Waals surface area (Å²) in [6, 6.07) is -2.02. The first-order chi connectivity index (χ1) is 22.2. The van der Waals surface area contributed by atoms with Gasteiger partial charge >= 0.3 is 0 Å². The number of rotatable bonds is 18. The number of hydrogen-bond donors (Lipinski definition) is 1. The zero-order valence-corrected chi connectivity index (χ0v) is 28.3. The normalized spacial score (nSPS) is 20.9. The van der Waals surface area contributed by atoms with Crippen LogP contribution in [0.2, 0.25) is 0 Å². The number of carbonyl (C=O) groups excluding carboxylic acids is 8. The number of hydrogen-bond acceptors (Lipinski definition) is 10. The molecule has 0 aromatic carbocycles. The Bertz CT molecular complexity index is 1370. The number of Topliss-reactive ketones (excluding diaryl/α,β-unsaturated/α-hetero) is 6. The minimum absolute atomic E-state index is 0.0283. The molecule has 12 heteroatoms. The van der Waals surface area contributed by atoms with Crippen LogP contribution >= 0.6 is 0 Å². The van der Waals surface area contributed by atoms with Crippen molar-refractivity contribution in [1.82, 2.24) is 20.2 Å². The Hall–Kier alpha value is -3.96. The number of nitrogens with zero attached hydrogens (tertiary/aromatic N) is 3. The Morgan fingerprint density at radius 1 is 0.979 bits per heavy atom. The van der Waals surface area contributed by atoms with Gasteiger partial charge in [-0.3, -0.25) is 38.5 Å². The van der Waals surface area contributed by atoms with E-state index in [9.17, 15) is 38.4 Å². The summed E-state index contributed by atoms with van der Waals surface area (Å²) >= 11 is 0. The topological polar surface area (TPSA) is 178 Å². The maximum absolute atomic E-state index is 14.2. The predicted octanol–water partition coefficient (Wildman–Crippen LogP) is 3.15. The van der Waals surface area contributed by atoms with Crippen molar-refractivity contribution in [2.24, 2.45) is 35.5 Å². The summed E-state index contributed by atoms with van der Waals surface area (Å²) in [7, 11) is 0. The quantitative estimate of drug-likeness (QED) is 0.183. The molecule has 0 spiro atoms. The summed E-state index contributed by atoms with van der Waals surface area (Å²) in [4.78, 5) is 114. The Kier molecular flexibility index (Phi) is 13.4. The number of carbonyl (C=O) groups is 8. The third-order valence-electron chi connectivity index (χ3n) is 9.46. The average molecular weight is 653 g/mol. The molecule has 12 nitrogen and oxygen atoms in total. The number of nitrogens with one attached hydrogen (secondary N) is 1. The van der Waals surface area contributed by atoms with Crippen LogP contribution in [0.4, 0.5) is 0 Å². The molecule has 0 bridgehead atoms. The molecule has 6 atom stereocenters. The maximum atomic E-state index is 14.2. The van der Waals surface area contributed by atoms with Gasteiger partial charge in [0.2, 0.25) is 17.6 Å². The fraction of sp³-hybridized carbons (Fsp3) is 0.657. The number of aromatic nitrogens is 2. The van der Waals surface area contributed by atoms with Crippen LogP contribution in [-0.2, 0) is 33.6 Å². The van der Waals surface area contributed by atoms with E-state index in [2.05, 4.69) is 15.3 Å². The molecule has 256 valence electrons. The van der Waals surface area contributed by atoms with Gasteiger partial charge in [-0.2, -0.15) is 0 Å². The Morgan fingerprint density at radius 2 is 1.68 bits per heavy atom. The van der Waals surface area contributed by atoms with Crippen LogP contribution in [0.1, 0.15) is 103 Å². The van der Waals surface area contributed by atoms with Gasteiger partial charge in [0, 0.05) is 68.8 Å². The van der Waals surface area contributed by atoms with E-state index in [4.69, 9.17) is 0 Å². The molecule has 2 unspecified atom stereocenters. The van der Waals surface area contributed by atoms with E-state index in [0.29, 0.717) is 25.7 Å². The fourth-order valence-corrected chi connectivity index (χ4v) is 6.76. The molecule has 1 aliphatic carbocycles. The molecule has 1 saturated heterocycles. The van der Waals surface area contributed by atoms with Crippen molar-refractivity contribution in [2.75, 3.05) is 6.54 Å². The predicted molar refractivity (Wildman–Crippen MR) is 171 cm³/mol. The third kappa shape index (κ3) is 9.32. The van der Waals surface area contributed by atoms with Crippen LogP contribution in [-0.4, -0.2) is 80.0 Å². The second-order valence-electron chi connectivity index (χ2n) is 13.7. The van der Waals surface area contributed by atoms with E-state index in [-0.39, 0.29) is 61.2 Å². The summed E-state index contributed by atoms with van der Waals surface area (Å²) in [5.74, 6) is -6.61. The molecular formula is C35H48N4O8. The highest BCUT2D eigenvalue weighted by molar-refractivity contribution is 6.38. The fourth-order valence-electron chi connectivity index (χ4n) is 6.76. The summed E-state index contributed by atoms with van der Waals surface area (Å²) in [6.07, 6.45) is 5.06. The van der Waals surface area contributed by atoms with Gasteiger partial charge in [-0.1, -0.05) is 41.0 Å². The van der Waals surface area contributed by atoms with Crippen LogP contribution in [0.15, 0.2) is 18.6 Å². The standard InChI is InChI=1S/C35H48N4O8/c1-7-8-22(33(45)28(42)11-9-21(6)40)15-30(44)32-23-10-12-27(41)25(23)18-39(32)35(47)31(20(4)5)38-34(46)24(19(2)3)16-29(43)26-17-36-13-14-37-26/h13-14,17,19-20,22-25,31-32H,7-12,15-16,18H2,1-6H3,(H,38,46)/t22?,23-,24+,25-,31-,32?/m0/s1. The molecule has 2 fully saturated rings. The lowest BCUT2D eigenvalue weighted by Crippen LogP contribution is -2.56. The third-order valence-corrected chi connectivity index (χ3v) is 9.46. The van der Waals surface area contributed by atoms with E-state index in [0.717, 1.165) is 0 Å². The van der Waals surface area contributed by atoms with Gasteiger partial charge in [0.25, 0.3) is 0 Å². The first kappa shape index (κ1) is 37.5. The minimum atomic E-state index is -1.04. The summed E-state index contributed by atoms with van der Waals surface area (Å²) in [6.45, 7) is 10.3. The summed E-state index contributed by atoms with van der Waals surface area (Å²) in [5.41, 5.74) is 0.137. The Labute approximate surface area is 276 Å². The second-order valence-corrected chi connectivity index (χ2v) is 13.7. The van der Waals surface area contributed by atoms with E-state index in [1.54, 1.807) is 27.7 Å². The molecule has 1 saturated carbocycles. The minimum Gasteiger partial charge on any atom is -0.344 e. The number of fused-ring (bicyclic) bond motifs is 1. The molecule has 47 heavy (non-hydrogen) atoms. The molecule has 1 aliphatic heterocycles. The molecule has 1 aromatic rings. The SMILES string of the molecule is CCCC(CC(=O)C1[C@H]2CCC(=O)[C@H]2CN1C(=O)[C@@H](NC(=O)[C@H](CC(=O)c1cnccn1)C(C)C)C(C)C)C(=O)C(=O)CCC(C)=O. The lowest BCUT2D eigenvalue weighted by atomic mass is 9.84. The van der Waals surface area contributed by atoms with E-state index in [1.807, 2.05) is 6.92 Å².